The molecule has 1 aromatic heterocycles. The largest absolute Gasteiger partial charge is 0.396 e. The highest BCUT2D eigenvalue weighted by Crippen LogP contribution is 2.29. The summed E-state index contributed by atoms with van der Waals surface area (Å²) in [5.41, 5.74) is 0.0147. The predicted octanol–water partition coefficient (Wildman–Crippen LogP) is 2.35. The van der Waals surface area contributed by atoms with Gasteiger partial charge in [-0.05, 0) is 43.7 Å². The summed E-state index contributed by atoms with van der Waals surface area (Å²) < 4.78 is 1.89. The Kier molecular flexibility index (Phi) is 6.09. The molecule has 1 aromatic rings. The van der Waals surface area contributed by atoms with Crippen LogP contribution in [0.3, 0.4) is 0 Å². The van der Waals surface area contributed by atoms with Crippen molar-refractivity contribution in [2.75, 3.05) is 13.2 Å². The first-order valence-electron chi connectivity index (χ1n) is 7.09. The molecular formula is C15H26N2O2. The zero-order valence-corrected chi connectivity index (χ0v) is 12.2. The van der Waals surface area contributed by atoms with E-state index >= 15 is 0 Å². The van der Waals surface area contributed by atoms with E-state index in [1.54, 1.807) is 0 Å². The van der Waals surface area contributed by atoms with E-state index in [0.717, 1.165) is 19.3 Å². The van der Waals surface area contributed by atoms with Crippen molar-refractivity contribution in [3.8, 4) is 0 Å². The van der Waals surface area contributed by atoms with Crippen LogP contribution >= 0.6 is 0 Å². The molecule has 1 heterocycles. The van der Waals surface area contributed by atoms with E-state index in [4.69, 9.17) is 0 Å². The molecule has 0 radical (unpaired) electrons. The van der Waals surface area contributed by atoms with Gasteiger partial charge < -0.3 is 15.0 Å². The molecule has 1 atom stereocenters. The third-order valence-electron chi connectivity index (χ3n) is 4.23. The van der Waals surface area contributed by atoms with Gasteiger partial charge in [-0.3, -0.25) is 4.79 Å². The number of amides is 1. The van der Waals surface area contributed by atoms with Crippen molar-refractivity contribution in [2.45, 2.75) is 46.1 Å². The second-order valence-corrected chi connectivity index (χ2v) is 5.20. The van der Waals surface area contributed by atoms with Crippen LogP contribution in [0.2, 0.25) is 0 Å². The SMILES string of the molecule is CCC(CC)(CCO)CNC(=O)C(C)n1cccc1. The van der Waals surface area contributed by atoms with Gasteiger partial charge >= 0.3 is 0 Å². The first kappa shape index (κ1) is 15.8. The number of aromatic nitrogens is 1. The minimum atomic E-state index is -0.199. The normalized spacial score (nSPS) is 13.3. The summed E-state index contributed by atoms with van der Waals surface area (Å²) in [5, 5.41) is 12.2. The Bertz CT molecular complexity index is 370. The molecule has 19 heavy (non-hydrogen) atoms. The Balaban J connectivity index is 2.57. The minimum absolute atomic E-state index is 0.0147. The average molecular weight is 266 g/mol. The Hall–Kier alpha value is -1.29. The first-order valence-corrected chi connectivity index (χ1v) is 7.09. The Morgan fingerprint density at radius 2 is 1.89 bits per heavy atom. The zero-order valence-electron chi connectivity index (χ0n) is 12.2. The van der Waals surface area contributed by atoms with Crippen LogP contribution < -0.4 is 5.32 Å². The highest BCUT2D eigenvalue weighted by atomic mass is 16.3. The molecule has 0 aliphatic rings. The molecule has 0 fully saturated rings. The molecule has 1 rings (SSSR count). The van der Waals surface area contributed by atoms with Crippen molar-refractivity contribution in [3.05, 3.63) is 24.5 Å². The average Bonchev–Trinajstić information content (AvgIpc) is 2.96. The van der Waals surface area contributed by atoms with Crippen molar-refractivity contribution >= 4 is 5.91 Å². The topological polar surface area (TPSA) is 54.3 Å². The molecule has 0 aliphatic carbocycles. The van der Waals surface area contributed by atoms with Crippen molar-refractivity contribution in [1.82, 2.24) is 9.88 Å². The molecule has 2 N–H and O–H groups in total. The molecule has 108 valence electrons. The van der Waals surface area contributed by atoms with E-state index in [1.807, 2.05) is 36.0 Å². The van der Waals surface area contributed by atoms with Gasteiger partial charge in [0, 0.05) is 25.5 Å². The lowest BCUT2D eigenvalue weighted by Crippen LogP contribution is -2.40. The number of carbonyl (C=O) groups excluding carboxylic acids is 1. The second-order valence-electron chi connectivity index (χ2n) is 5.20. The lowest BCUT2D eigenvalue weighted by Gasteiger charge is -2.31. The molecule has 0 spiro atoms. The summed E-state index contributed by atoms with van der Waals surface area (Å²) in [4.78, 5) is 12.1. The van der Waals surface area contributed by atoms with Crippen LogP contribution in [0.25, 0.3) is 0 Å². The molecule has 4 nitrogen and oxygen atoms in total. The van der Waals surface area contributed by atoms with Crippen molar-refractivity contribution in [2.24, 2.45) is 5.41 Å². The number of hydrogen-bond donors (Lipinski definition) is 2. The van der Waals surface area contributed by atoms with Gasteiger partial charge in [0.25, 0.3) is 0 Å². The van der Waals surface area contributed by atoms with Crippen LogP contribution in [-0.4, -0.2) is 28.7 Å². The number of hydrogen-bond acceptors (Lipinski definition) is 2. The maximum atomic E-state index is 12.1. The summed E-state index contributed by atoms with van der Waals surface area (Å²) in [6.07, 6.45) is 6.44. The predicted molar refractivity (Wildman–Crippen MR) is 76.9 cm³/mol. The Morgan fingerprint density at radius 1 is 1.32 bits per heavy atom. The molecule has 1 amide bonds. The van der Waals surface area contributed by atoms with Crippen LogP contribution in [0, 0.1) is 5.41 Å². The zero-order chi connectivity index (χ0) is 14.3. The fourth-order valence-electron chi connectivity index (χ4n) is 2.34. The van der Waals surface area contributed by atoms with E-state index in [9.17, 15) is 9.90 Å². The number of aliphatic hydroxyl groups excluding tert-OH is 1. The van der Waals surface area contributed by atoms with Gasteiger partial charge in [0.1, 0.15) is 6.04 Å². The number of carbonyl (C=O) groups is 1. The fourth-order valence-corrected chi connectivity index (χ4v) is 2.34. The Morgan fingerprint density at radius 3 is 2.37 bits per heavy atom. The monoisotopic (exact) mass is 266 g/mol. The number of aliphatic hydroxyl groups is 1. The third-order valence-corrected chi connectivity index (χ3v) is 4.23. The number of nitrogens with zero attached hydrogens (tertiary/aromatic N) is 1. The highest BCUT2D eigenvalue weighted by Gasteiger charge is 2.27. The quantitative estimate of drug-likeness (QED) is 0.759. The molecule has 1 unspecified atom stereocenters. The van der Waals surface area contributed by atoms with Crippen LogP contribution in [-0.2, 0) is 4.79 Å². The van der Waals surface area contributed by atoms with E-state index in [2.05, 4.69) is 19.2 Å². The van der Waals surface area contributed by atoms with E-state index < -0.39 is 0 Å². The second kappa shape index (κ2) is 7.34. The smallest absolute Gasteiger partial charge is 0.242 e. The van der Waals surface area contributed by atoms with Gasteiger partial charge in [0.2, 0.25) is 5.91 Å². The van der Waals surface area contributed by atoms with E-state index in [-0.39, 0.29) is 24.0 Å². The number of rotatable bonds is 8. The van der Waals surface area contributed by atoms with Crippen LogP contribution in [0.1, 0.15) is 46.1 Å². The van der Waals surface area contributed by atoms with Crippen LogP contribution in [0.15, 0.2) is 24.5 Å². The minimum Gasteiger partial charge on any atom is -0.396 e. The lowest BCUT2D eigenvalue weighted by molar-refractivity contribution is -0.124. The summed E-state index contributed by atoms with van der Waals surface area (Å²) in [6.45, 7) is 6.91. The van der Waals surface area contributed by atoms with Gasteiger partial charge in [0.05, 0.1) is 0 Å². The van der Waals surface area contributed by atoms with Gasteiger partial charge in [0.15, 0.2) is 0 Å². The van der Waals surface area contributed by atoms with Crippen LogP contribution in [0.4, 0.5) is 0 Å². The Labute approximate surface area is 115 Å². The van der Waals surface area contributed by atoms with Crippen molar-refractivity contribution in [3.63, 3.8) is 0 Å². The fraction of sp³-hybridized carbons (Fsp3) is 0.667. The number of nitrogens with one attached hydrogen (secondary N) is 1. The van der Waals surface area contributed by atoms with Gasteiger partial charge in [-0.25, -0.2) is 0 Å². The molecule has 0 saturated heterocycles. The first-order chi connectivity index (χ1) is 9.08. The van der Waals surface area contributed by atoms with Gasteiger partial charge in [-0.15, -0.1) is 0 Å². The van der Waals surface area contributed by atoms with Crippen molar-refractivity contribution < 1.29 is 9.90 Å². The molecule has 0 aromatic carbocycles. The highest BCUT2D eigenvalue weighted by molar-refractivity contribution is 5.79. The molecule has 4 heteroatoms. The molecule has 0 bridgehead atoms. The maximum Gasteiger partial charge on any atom is 0.242 e. The van der Waals surface area contributed by atoms with Gasteiger partial charge in [-0.1, -0.05) is 13.8 Å². The summed E-state index contributed by atoms with van der Waals surface area (Å²) in [7, 11) is 0. The van der Waals surface area contributed by atoms with Crippen molar-refractivity contribution in [1.29, 1.82) is 0 Å². The molecule has 0 aliphatic heterocycles. The van der Waals surface area contributed by atoms with E-state index in [1.165, 1.54) is 0 Å². The lowest BCUT2D eigenvalue weighted by atomic mass is 9.79. The summed E-state index contributed by atoms with van der Waals surface area (Å²) >= 11 is 0. The summed E-state index contributed by atoms with van der Waals surface area (Å²) in [5.74, 6) is 0.0282. The standard InChI is InChI=1S/C15H26N2O2/c1-4-15(5-2,8-11-18)12-16-14(19)13(3)17-9-6-7-10-17/h6-7,9-10,13,18H,4-5,8,11-12H2,1-3H3,(H,16,19). The molecule has 0 saturated carbocycles. The van der Waals surface area contributed by atoms with E-state index in [0.29, 0.717) is 6.54 Å². The maximum absolute atomic E-state index is 12.1. The molecular weight excluding hydrogens is 240 g/mol. The summed E-state index contributed by atoms with van der Waals surface area (Å²) in [6, 6.07) is 3.63. The van der Waals surface area contributed by atoms with Crippen LogP contribution in [0.5, 0.6) is 0 Å². The van der Waals surface area contributed by atoms with Gasteiger partial charge in [-0.2, -0.15) is 0 Å². The third kappa shape index (κ3) is 4.10.